The SMILES string of the molecule is O=[N+]([O-])c1cc(Br)cc(Oc2ccc3c(c2)CCC3)c1. The van der Waals surface area contributed by atoms with E-state index in [4.69, 9.17) is 4.74 Å². The van der Waals surface area contributed by atoms with E-state index in [2.05, 4.69) is 22.0 Å². The van der Waals surface area contributed by atoms with Gasteiger partial charge in [-0.1, -0.05) is 22.0 Å². The van der Waals surface area contributed by atoms with Crippen LogP contribution in [-0.4, -0.2) is 4.92 Å². The van der Waals surface area contributed by atoms with Gasteiger partial charge in [0.2, 0.25) is 0 Å². The van der Waals surface area contributed by atoms with E-state index in [-0.39, 0.29) is 5.69 Å². The third-order valence-electron chi connectivity index (χ3n) is 3.37. The average molecular weight is 334 g/mol. The number of hydrogen-bond acceptors (Lipinski definition) is 3. The first-order chi connectivity index (χ1) is 9.61. The lowest BCUT2D eigenvalue weighted by molar-refractivity contribution is -0.385. The zero-order valence-electron chi connectivity index (χ0n) is 10.6. The summed E-state index contributed by atoms with van der Waals surface area (Å²) in [5.41, 5.74) is 2.69. The van der Waals surface area contributed by atoms with E-state index in [1.807, 2.05) is 12.1 Å². The second-order valence-corrected chi connectivity index (χ2v) is 5.70. The third kappa shape index (κ3) is 2.67. The minimum absolute atomic E-state index is 0.00975. The Labute approximate surface area is 124 Å². The van der Waals surface area contributed by atoms with Crippen LogP contribution in [0.3, 0.4) is 0 Å². The summed E-state index contributed by atoms with van der Waals surface area (Å²) < 4.78 is 6.37. The van der Waals surface area contributed by atoms with Crippen molar-refractivity contribution in [3.8, 4) is 11.5 Å². The Morgan fingerprint density at radius 2 is 1.85 bits per heavy atom. The van der Waals surface area contributed by atoms with Gasteiger partial charge in [0.1, 0.15) is 11.5 Å². The lowest BCUT2D eigenvalue weighted by Crippen LogP contribution is -1.91. The standard InChI is InChI=1S/C15H12BrNO3/c16-12-7-13(17(18)19)9-15(8-12)20-14-5-4-10-2-1-3-11(10)6-14/h4-9H,1-3H2. The number of non-ortho nitro benzene ring substituents is 1. The first kappa shape index (κ1) is 13.1. The topological polar surface area (TPSA) is 52.4 Å². The third-order valence-corrected chi connectivity index (χ3v) is 3.83. The molecule has 20 heavy (non-hydrogen) atoms. The van der Waals surface area contributed by atoms with Crippen LogP contribution in [0.25, 0.3) is 0 Å². The number of aryl methyl sites for hydroxylation is 2. The van der Waals surface area contributed by atoms with Crippen molar-refractivity contribution < 1.29 is 9.66 Å². The number of fused-ring (bicyclic) bond motifs is 1. The van der Waals surface area contributed by atoms with Gasteiger partial charge in [0.25, 0.3) is 5.69 Å². The zero-order valence-corrected chi connectivity index (χ0v) is 12.2. The van der Waals surface area contributed by atoms with Crippen molar-refractivity contribution in [2.75, 3.05) is 0 Å². The zero-order chi connectivity index (χ0) is 14.1. The van der Waals surface area contributed by atoms with Crippen molar-refractivity contribution in [1.29, 1.82) is 0 Å². The van der Waals surface area contributed by atoms with Gasteiger partial charge in [0.15, 0.2) is 0 Å². The second-order valence-electron chi connectivity index (χ2n) is 4.79. The van der Waals surface area contributed by atoms with Crippen LogP contribution in [0, 0.1) is 10.1 Å². The summed E-state index contributed by atoms with van der Waals surface area (Å²) in [5.74, 6) is 1.18. The van der Waals surface area contributed by atoms with Gasteiger partial charge >= 0.3 is 0 Å². The van der Waals surface area contributed by atoms with Crippen molar-refractivity contribution in [2.45, 2.75) is 19.3 Å². The molecule has 4 nitrogen and oxygen atoms in total. The molecule has 0 saturated heterocycles. The Morgan fingerprint density at radius 3 is 2.65 bits per heavy atom. The second kappa shape index (κ2) is 5.25. The van der Waals surface area contributed by atoms with E-state index in [0.717, 1.165) is 18.6 Å². The summed E-state index contributed by atoms with van der Waals surface area (Å²) in [6.45, 7) is 0. The Hall–Kier alpha value is -1.88. The molecule has 0 amide bonds. The number of rotatable bonds is 3. The number of ether oxygens (including phenoxy) is 1. The van der Waals surface area contributed by atoms with E-state index in [1.165, 1.54) is 29.7 Å². The summed E-state index contributed by atoms with van der Waals surface area (Å²) >= 11 is 3.26. The van der Waals surface area contributed by atoms with Crippen molar-refractivity contribution in [1.82, 2.24) is 0 Å². The molecule has 0 spiro atoms. The number of hydrogen-bond donors (Lipinski definition) is 0. The molecule has 102 valence electrons. The molecule has 0 atom stereocenters. The number of halogens is 1. The van der Waals surface area contributed by atoms with E-state index in [0.29, 0.717) is 10.2 Å². The number of nitro benzene ring substituents is 1. The summed E-state index contributed by atoms with van der Waals surface area (Å²) in [6, 6.07) is 10.6. The van der Waals surface area contributed by atoms with Crippen LogP contribution in [0.4, 0.5) is 5.69 Å². The lowest BCUT2D eigenvalue weighted by Gasteiger charge is -2.08. The molecule has 0 aliphatic heterocycles. The molecule has 0 heterocycles. The number of nitro groups is 1. The molecule has 3 rings (SSSR count). The minimum atomic E-state index is -0.430. The largest absolute Gasteiger partial charge is 0.457 e. The monoisotopic (exact) mass is 333 g/mol. The first-order valence-electron chi connectivity index (χ1n) is 6.36. The highest BCUT2D eigenvalue weighted by atomic mass is 79.9. The van der Waals surface area contributed by atoms with Crippen LogP contribution in [0.2, 0.25) is 0 Å². The molecule has 0 aromatic heterocycles. The first-order valence-corrected chi connectivity index (χ1v) is 7.16. The van der Waals surface area contributed by atoms with Crippen LogP contribution in [-0.2, 0) is 12.8 Å². The highest BCUT2D eigenvalue weighted by Crippen LogP contribution is 2.32. The quantitative estimate of drug-likeness (QED) is 0.607. The molecule has 0 radical (unpaired) electrons. The molecule has 5 heteroatoms. The van der Waals surface area contributed by atoms with Crippen LogP contribution >= 0.6 is 15.9 Å². The molecule has 0 unspecified atom stereocenters. The summed E-state index contributed by atoms with van der Waals surface area (Å²) in [6.07, 6.45) is 3.38. The summed E-state index contributed by atoms with van der Waals surface area (Å²) in [7, 11) is 0. The molecule has 2 aromatic rings. The van der Waals surface area contributed by atoms with Crippen molar-refractivity contribution in [2.24, 2.45) is 0 Å². The van der Waals surface area contributed by atoms with Crippen molar-refractivity contribution in [3.63, 3.8) is 0 Å². The maximum Gasteiger partial charge on any atom is 0.274 e. The smallest absolute Gasteiger partial charge is 0.274 e. The molecule has 0 bridgehead atoms. The molecule has 0 N–H and O–H groups in total. The minimum Gasteiger partial charge on any atom is -0.457 e. The Balaban J connectivity index is 1.89. The molecule has 1 aliphatic rings. The average Bonchev–Trinajstić information content (AvgIpc) is 2.85. The fourth-order valence-electron chi connectivity index (χ4n) is 2.46. The highest BCUT2D eigenvalue weighted by molar-refractivity contribution is 9.10. The molecule has 0 fully saturated rings. The molecule has 2 aromatic carbocycles. The maximum absolute atomic E-state index is 10.8. The molecule has 0 saturated carbocycles. The van der Waals surface area contributed by atoms with Crippen LogP contribution in [0.1, 0.15) is 17.5 Å². The predicted octanol–water partition coefficient (Wildman–Crippen LogP) is 4.64. The Kier molecular flexibility index (Phi) is 3.44. The van der Waals surface area contributed by atoms with Gasteiger partial charge in [0, 0.05) is 10.5 Å². The van der Waals surface area contributed by atoms with Gasteiger partial charge in [-0.15, -0.1) is 0 Å². The van der Waals surface area contributed by atoms with E-state index in [1.54, 1.807) is 6.07 Å². The molecular formula is C15H12BrNO3. The maximum atomic E-state index is 10.8. The lowest BCUT2D eigenvalue weighted by atomic mass is 10.1. The van der Waals surface area contributed by atoms with Gasteiger partial charge in [0.05, 0.1) is 11.0 Å². The summed E-state index contributed by atoms with van der Waals surface area (Å²) in [5, 5.41) is 10.8. The molecule has 1 aliphatic carbocycles. The van der Waals surface area contributed by atoms with Crippen LogP contribution in [0.15, 0.2) is 40.9 Å². The van der Waals surface area contributed by atoms with Gasteiger partial charge in [-0.3, -0.25) is 10.1 Å². The van der Waals surface area contributed by atoms with E-state index >= 15 is 0 Å². The molecular weight excluding hydrogens is 322 g/mol. The highest BCUT2D eigenvalue weighted by Gasteiger charge is 2.13. The summed E-state index contributed by atoms with van der Waals surface area (Å²) in [4.78, 5) is 10.4. The van der Waals surface area contributed by atoms with Gasteiger partial charge in [-0.25, -0.2) is 0 Å². The van der Waals surface area contributed by atoms with Crippen molar-refractivity contribution >= 4 is 21.6 Å². The van der Waals surface area contributed by atoms with Gasteiger partial charge < -0.3 is 4.74 Å². The van der Waals surface area contributed by atoms with Crippen LogP contribution < -0.4 is 4.74 Å². The van der Waals surface area contributed by atoms with Crippen LogP contribution in [0.5, 0.6) is 11.5 Å². The normalized spacial score (nSPS) is 13.1. The Bertz CT molecular complexity index is 685. The van der Waals surface area contributed by atoms with Crippen molar-refractivity contribution in [3.05, 3.63) is 62.1 Å². The van der Waals surface area contributed by atoms with Gasteiger partial charge in [-0.2, -0.15) is 0 Å². The number of benzene rings is 2. The fraction of sp³-hybridized carbons (Fsp3) is 0.200. The Morgan fingerprint density at radius 1 is 1.05 bits per heavy atom. The predicted molar refractivity (Wildman–Crippen MR) is 79.3 cm³/mol. The fourth-order valence-corrected chi connectivity index (χ4v) is 2.92. The van der Waals surface area contributed by atoms with E-state index < -0.39 is 4.92 Å². The van der Waals surface area contributed by atoms with E-state index in [9.17, 15) is 10.1 Å². The van der Waals surface area contributed by atoms with Gasteiger partial charge in [-0.05, 0) is 48.6 Å². The number of nitrogens with zero attached hydrogens (tertiary/aromatic N) is 1.